The van der Waals surface area contributed by atoms with Crippen LogP contribution in [0.1, 0.15) is 33.4 Å². The minimum absolute atomic E-state index is 0.0432. The Labute approximate surface area is 145 Å². The molecule has 0 radical (unpaired) electrons. The van der Waals surface area contributed by atoms with E-state index in [1.807, 2.05) is 6.92 Å². The summed E-state index contributed by atoms with van der Waals surface area (Å²) in [5.74, 6) is 0. The Balaban J connectivity index is 1.72. The third-order valence-electron chi connectivity index (χ3n) is 4.32. The van der Waals surface area contributed by atoms with E-state index in [1.54, 1.807) is 0 Å². The molecule has 1 saturated heterocycles. The molecule has 132 valence electrons. The number of morpholine rings is 1. The molecular weight excluding hydrogens is 326 g/mol. The SMILES string of the molecule is Cc1cc(=O)n2nc(NCC(C)(C)N3C[C@H](C)O[C@@H](C)C3)sc2n1. The highest BCUT2D eigenvalue weighted by Gasteiger charge is 2.33. The zero-order chi connectivity index (χ0) is 17.5. The second-order valence-corrected chi connectivity index (χ2v) is 8.12. The molecule has 2 atom stereocenters. The number of aromatic nitrogens is 3. The Morgan fingerprint density at radius 3 is 2.71 bits per heavy atom. The van der Waals surface area contributed by atoms with Crippen LogP contribution in [0.5, 0.6) is 0 Å². The summed E-state index contributed by atoms with van der Waals surface area (Å²) in [6.07, 6.45) is 0.474. The van der Waals surface area contributed by atoms with Crippen LogP contribution >= 0.6 is 11.3 Å². The number of fused-ring (bicyclic) bond motifs is 1. The normalized spacial score (nSPS) is 22.9. The predicted molar refractivity (Wildman–Crippen MR) is 96.0 cm³/mol. The van der Waals surface area contributed by atoms with Gasteiger partial charge in [-0.3, -0.25) is 9.69 Å². The number of nitrogens with one attached hydrogen (secondary N) is 1. The van der Waals surface area contributed by atoms with Gasteiger partial charge in [0.05, 0.1) is 12.2 Å². The molecule has 0 amide bonds. The van der Waals surface area contributed by atoms with Crippen molar-refractivity contribution >= 4 is 21.4 Å². The lowest BCUT2D eigenvalue weighted by atomic mass is 10.0. The van der Waals surface area contributed by atoms with E-state index in [4.69, 9.17) is 4.74 Å². The van der Waals surface area contributed by atoms with E-state index in [-0.39, 0.29) is 23.3 Å². The standard InChI is InChI=1S/C16H25N5O2S/c1-10-6-13(22)21-15(18-10)24-14(19-21)17-9-16(4,5)20-7-11(2)23-12(3)8-20/h6,11-12H,7-9H2,1-5H3,(H,17,19)/t11-,12-/m0/s1. The van der Waals surface area contributed by atoms with Gasteiger partial charge in [-0.05, 0) is 34.6 Å². The summed E-state index contributed by atoms with van der Waals surface area (Å²) in [7, 11) is 0. The molecule has 3 heterocycles. The lowest BCUT2D eigenvalue weighted by Crippen LogP contribution is -2.57. The van der Waals surface area contributed by atoms with Crippen LogP contribution in [0.15, 0.2) is 10.9 Å². The fourth-order valence-corrected chi connectivity index (χ4v) is 3.91. The van der Waals surface area contributed by atoms with E-state index in [0.29, 0.717) is 15.8 Å². The average molecular weight is 351 g/mol. The fourth-order valence-electron chi connectivity index (χ4n) is 3.07. The third kappa shape index (κ3) is 3.60. The van der Waals surface area contributed by atoms with Crippen molar-refractivity contribution < 1.29 is 4.74 Å². The molecule has 1 N–H and O–H groups in total. The topological polar surface area (TPSA) is 71.8 Å². The number of hydrogen-bond donors (Lipinski definition) is 1. The van der Waals surface area contributed by atoms with Crippen molar-refractivity contribution in [2.75, 3.05) is 25.0 Å². The minimum Gasteiger partial charge on any atom is -0.373 e. The van der Waals surface area contributed by atoms with E-state index in [1.165, 1.54) is 21.9 Å². The highest BCUT2D eigenvalue weighted by atomic mass is 32.1. The summed E-state index contributed by atoms with van der Waals surface area (Å²) in [5.41, 5.74) is 0.530. The van der Waals surface area contributed by atoms with Crippen LogP contribution in [-0.2, 0) is 4.74 Å². The number of ether oxygens (including phenoxy) is 1. The Kier molecular flexibility index (Phi) is 4.63. The van der Waals surface area contributed by atoms with Crippen LogP contribution in [0, 0.1) is 6.92 Å². The maximum atomic E-state index is 12.0. The summed E-state index contributed by atoms with van der Waals surface area (Å²) < 4.78 is 7.17. The van der Waals surface area contributed by atoms with Gasteiger partial charge >= 0.3 is 0 Å². The van der Waals surface area contributed by atoms with Gasteiger partial charge in [0, 0.05) is 36.9 Å². The van der Waals surface area contributed by atoms with Crippen molar-refractivity contribution in [2.45, 2.75) is 52.4 Å². The van der Waals surface area contributed by atoms with Crippen LogP contribution in [-0.4, -0.2) is 56.9 Å². The molecule has 24 heavy (non-hydrogen) atoms. The zero-order valence-corrected chi connectivity index (χ0v) is 15.7. The molecule has 1 fully saturated rings. The van der Waals surface area contributed by atoms with Crippen molar-refractivity contribution in [3.63, 3.8) is 0 Å². The summed E-state index contributed by atoms with van der Waals surface area (Å²) >= 11 is 1.40. The number of rotatable bonds is 4. The molecule has 0 aromatic carbocycles. The summed E-state index contributed by atoms with van der Waals surface area (Å²) in [6, 6.07) is 1.50. The predicted octanol–water partition coefficient (Wildman–Crippen LogP) is 1.76. The lowest BCUT2D eigenvalue weighted by molar-refractivity contribution is -0.0933. The third-order valence-corrected chi connectivity index (χ3v) is 5.19. The van der Waals surface area contributed by atoms with Gasteiger partial charge in [0.15, 0.2) is 0 Å². The summed E-state index contributed by atoms with van der Waals surface area (Å²) in [6.45, 7) is 13.0. The van der Waals surface area contributed by atoms with Crippen molar-refractivity contribution in [3.8, 4) is 0 Å². The molecule has 7 nitrogen and oxygen atoms in total. The Bertz CT molecular complexity index is 774. The van der Waals surface area contributed by atoms with Crippen molar-refractivity contribution in [2.24, 2.45) is 0 Å². The maximum Gasteiger partial charge on any atom is 0.275 e. The molecule has 0 bridgehead atoms. The summed E-state index contributed by atoms with van der Waals surface area (Å²) in [5, 5.41) is 8.43. The first kappa shape index (κ1) is 17.3. The minimum atomic E-state index is -0.142. The van der Waals surface area contributed by atoms with Crippen LogP contribution in [0.3, 0.4) is 0 Å². The summed E-state index contributed by atoms with van der Waals surface area (Å²) in [4.78, 5) is 19.4. The highest BCUT2D eigenvalue weighted by Crippen LogP contribution is 2.23. The Hall–Kier alpha value is -1.51. The van der Waals surface area contributed by atoms with E-state index in [2.05, 4.69) is 48.0 Å². The van der Waals surface area contributed by atoms with Gasteiger partial charge in [-0.2, -0.15) is 4.52 Å². The van der Waals surface area contributed by atoms with Gasteiger partial charge in [0.25, 0.3) is 5.56 Å². The van der Waals surface area contributed by atoms with Gasteiger partial charge in [-0.25, -0.2) is 4.98 Å². The van der Waals surface area contributed by atoms with Gasteiger partial charge in [0.1, 0.15) is 0 Å². The Morgan fingerprint density at radius 1 is 1.38 bits per heavy atom. The highest BCUT2D eigenvalue weighted by molar-refractivity contribution is 7.20. The maximum absolute atomic E-state index is 12.0. The molecular formula is C16H25N5O2S. The molecule has 3 rings (SSSR count). The van der Waals surface area contributed by atoms with Gasteiger partial charge in [-0.1, -0.05) is 11.3 Å². The van der Waals surface area contributed by atoms with E-state index < -0.39 is 0 Å². The molecule has 0 unspecified atom stereocenters. The molecule has 2 aromatic rings. The first-order valence-corrected chi connectivity index (χ1v) is 9.08. The zero-order valence-electron chi connectivity index (χ0n) is 14.9. The number of aryl methyl sites for hydroxylation is 1. The number of anilines is 1. The molecule has 1 aliphatic heterocycles. The quantitative estimate of drug-likeness (QED) is 0.905. The second kappa shape index (κ2) is 6.42. The van der Waals surface area contributed by atoms with Gasteiger partial charge in [0.2, 0.25) is 10.1 Å². The van der Waals surface area contributed by atoms with Crippen LogP contribution < -0.4 is 10.9 Å². The van der Waals surface area contributed by atoms with Gasteiger partial charge < -0.3 is 10.1 Å². The Morgan fingerprint density at radius 2 is 2.04 bits per heavy atom. The molecule has 0 saturated carbocycles. The van der Waals surface area contributed by atoms with Crippen molar-refractivity contribution in [3.05, 3.63) is 22.1 Å². The largest absolute Gasteiger partial charge is 0.373 e. The molecule has 2 aromatic heterocycles. The first-order chi connectivity index (χ1) is 11.2. The number of nitrogens with zero attached hydrogens (tertiary/aromatic N) is 4. The van der Waals surface area contributed by atoms with E-state index in [0.717, 1.165) is 19.6 Å². The lowest BCUT2D eigenvalue weighted by Gasteiger charge is -2.45. The van der Waals surface area contributed by atoms with Gasteiger partial charge in [-0.15, -0.1) is 5.10 Å². The fraction of sp³-hybridized carbons (Fsp3) is 0.688. The van der Waals surface area contributed by atoms with Crippen LogP contribution in [0.25, 0.3) is 4.96 Å². The van der Waals surface area contributed by atoms with E-state index in [9.17, 15) is 4.79 Å². The molecule has 0 aliphatic carbocycles. The molecule has 8 heteroatoms. The molecule has 0 spiro atoms. The smallest absolute Gasteiger partial charge is 0.275 e. The van der Waals surface area contributed by atoms with Crippen LogP contribution in [0.4, 0.5) is 5.13 Å². The van der Waals surface area contributed by atoms with Crippen molar-refractivity contribution in [1.29, 1.82) is 0 Å². The second-order valence-electron chi connectivity index (χ2n) is 7.17. The average Bonchev–Trinajstić information content (AvgIpc) is 2.87. The first-order valence-electron chi connectivity index (χ1n) is 8.26. The van der Waals surface area contributed by atoms with E-state index >= 15 is 0 Å². The number of hydrogen-bond acceptors (Lipinski definition) is 7. The van der Waals surface area contributed by atoms with Crippen LogP contribution in [0.2, 0.25) is 0 Å². The van der Waals surface area contributed by atoms with Crippen molar-refractivity contribution in [1.82, 2.24) is 19.5 Å². The monoisotopic (exact) mass is 351 g/mol. The molecule has 1 aliphatic rings.